The molecule has 0 saturated carbocycles. The minimum Gasteiger partial charge on any atom is -0.286 e. The molecule has 0 bridgehead atoms. The molecule has 2 atom stereocenters. The van der Waals surface area contributed by atoms with Crippen molar-refractivity contribution in [3.8, 4) is 0 Å². The Morgan fingerprint density at radius 1 is 1.39 bits per heavy atom. The molecule has 0 radical (unpaired) electrons. The van der Waals surface area contributed by atoms with Crippen molar-refractivity contribution in [1.82, 2.24) is 15.0 Å². The standard InChI is InChI=1S/C21H22N4O2S/c1-13-8-9-16-17(10-13)28-20-18(16)21(27)25(12-22-20)14(2)19(26)24-23-11-15-6-4-3-5-7-15/h3-7,11-14H,8-10H2,1-2H3,(H,24,26)/b23-11-/t13-,14-/m1/s1. The first kappa shape index (κ1) is 18.6. The van der Waals surface area contributed by atoms with Gasteiger partial charge in [-0.05, 0) is 43.2 Å². The van der Waals surface area contributed by atoms with Gasteiger partial charge >= 0.3 is 0 Å². The monoisotopic (exact) mass is 394 g/mol. The number of aryl methyl sites for hydroxylation is 1. The lowest BCUT2D eigenvalue weighted by Crippen LogP contribution is -2.34. The molecule has 2 heterocycles. The zero-order valence-corrected chi connectivity index (χ0v) is 16.7. The second-order valence-corrected chi connectivity index (χ2v) is 8.39. The molecule has 6 nitrogen and oxygen atoms in total. The lowest BCUT2D eigenvalue weighted by atomic mass is 9.89. The molecule has 1 aliphatic rings. The SMILES string of the molecule is C[C@@H]1CCc2c(sc3ncn([C@H](C)C(=O)N/N=C\c4ccccc4)c(=O)c23)C1. The molecule has 0 spiro atoms. The lowest BCUT2D eigenvalue weighted by Gasteiger charge is -2.18. The number of rotatable bonds is 4. The predicted molar refractivity (Wildman–Crippen MR) is 112 cm³/mol. The number of fused-ring (bicyclic) bond motifs is 3. The maximum atomic E-state index is 13.1. The maximum Gasteiger partial charge on any atom is 0.263 e. The summed E-state index contributed by atoms with van der Waals surface area (Å²) in [5.74, 6) is 0.281. The van der Waals surface area contributed by atoms with Gasteiger partial charge in [0, 0.05) is 4.88 Å². The van der Waals surface area contributed by atoms with Crippen molar-refractivity contribution < 1.29 is 4.79 Å². The van der Waals surface area contributed by atoms with Gasteiger partial charge < -0.3 is 0 Å². The van der Waals surface area contributed by atoms with Crippen LogP contribution in [-0.4, -0.2) is 21.7 Å². The molecular weight excluding hydrogens is 372 g/mol. The van der Waals surface area contributed by atoms with Crippen molar-refractivity contribution in [2.75, 3.05) is 0 Å². The lowest BCUT2D eigenvalue weighted by molar-refractivity contribution is -0.123. The molecular formula is C21H22N4O2S. The molecule has 1 aliphatic carbocycles. The number of amides is 1. The van der Waals surface area contributed by atoms with E-state index in [0.717, 1.165) is 35.2 Å². The Kier molecular flexibility index (Phi) is 5.09. The number of thiophene rings is 1. The highest BCUT2D eigenvalue weighted by atomic mass is 32.1. The molecule has 0 aliphatic heterocycles. The van der Waals surface area contributed by atoms with Gasteiger partial charge in [0.2, 0.25) is 0 Å². The minimum absolute atomic E-state index is 0.147. The molecule has 1 N–H and O–H groups in total. The highest BCUT2D eigenvalue weighted by molar-refractivity contribution is 7.18. The third-order valence-corrected chi connectivity index (χ3v) is 6.39. The zero-order valence-electron chi connectivity index (χ0n) is 15.9. The summed E-state index contributed by atoms with van der Waals surface area (Å²) >= 11 is 1.61. The Labute approximate surface area is 166 Å². The van der Waals surface area contributed by atoms with E-state index < -0.39 is 6.04 Å². The van der Waals surface area contributed by atoms with Crippen LogP contribution in [0.3, 0.4) is 0 Å². The van der Waals surface area contributed by atoms with Crippen molar-refractivity contribution in [3.63, 3.8) is 0 Å². The Balaban J connectivity index is 1.58. The minimum atomic E-state index is -0.699. The van der Waals surface area contributed by atoms with Gasteiger partial charge in [-0.1, -0.05) is 37.3 Å². The summed E-state index contributed by atoms with van der Waals surface area (Å²) in [6.07, 6.45) is 6.03. The van der Waals surface area contributed by atoms with Crippen molar-refractivity contribution in [1.29, 1.82) is 0 Å². The summed E-state index contributed by atoms with van der Waals surface area (Å²) < 4.78 is 1.40. The highest BCUT2D eigenvalue weighted by Crippen LogP contribution is 2.35. The first-order valence-electron chi connectivity index (χ1n) is 9.44. The van der Waals surface area contributed by atoms with Crippen LogP contribution in [0.5, 0.6) is 0 Å². The van der Waals surface area contributed by atoms with Crippen LogP contribution in [0, 0.1) is 5.92 Å². The van der Waals surface area contributed by atoms with Crippen LogP contribution >= 0.6 is 11.3 Å². The van der Waals surface area contributed by atoms with Crippen molar-refractivity contribution >= 4 is 33.7 Å². The van der Waals surface area contributed by atoms with Crippen molar-refractivity contribution in [2.24, 2.45) is 11.0 Å². The third kappa shape index (κ3) is 3.49. The molecule has 3 aromatic rings. The van der Waals surface area contributed by atoms with E-state index in [2.05, 4.69) is 22.4 Å². The summed E-state index contributed by atoms with van der Waals surface area (Å²) in [5.41, 5.74) is 4.37. The van der Waals surface area contributed by atoms with Crippen molar-refractivity contribution in [3.05, 3.63) is 63.0 Å². The van der Waals surface area contributed by atoms with Gasteiger partial charge in [0.15, 0.2) is 0 Å². The summed E-state index contributed by atoms with van der Waals surface area (Å²) in [6, 6.07) is 8.79. The number of nitrogens with one attached hydrogen (secondary N) is 1. The van der Waals surface area contributed by atoms with E-state index >= 15 is 0 Å². The molecule has 1 amide bonds. The largest absolute Gasteiger partial charge is 0.286 e. The van der Waals surface area contributed by atoms with E-state index in [4.69, 9.17) is 0 Å². The van der Waals surface area contributed by atoms with Gasteiger partial charge in [0.1, 0.15) is 10.9 Å². The molecule has 2 aromatic heterocycles. The van der Waals surface area contributed by atoms with Crippen molar-refractivity contribution in [2.45, 2.75) is 39.2 Å². The number of hydrogen-bond acceptors (Lipinski definition) is 5. The van der Waals surface area contributed by atoms with E-state index in [1.54, 1.807) is 24.5 Å². The molecule has 0 unspecified atom stereocenters. The molecule has 0 fully saturated rings. The number of aromatic nitrogens is 2. The molecule has 4 rings (SSSR count). The Morgan fingerprint density at radius 2 is 2.18 bits per heavy atom. The molecule has 0 saturated heterocycles. The van der Waals surface area contributed by atoms with Gasteiger partial charge in [0.25, 0.3) is 11.5 Å². The Morgan fingerprint density at radius 3 is 2.96 bits per heavy atom. The summed E-state index contributed by atoms with van der Waals surface area (Å²) in [5, 5.41) is 4.67. The Hall–Kier alpha value is -2.80. The topological polar surface area (TPSA) is 76.3 Å². The van der Waals surface area contributed by atoms with Crippen LogP contribution in [-0.2, 0) is 17.6 Å². The molecule has 28 heavy (non-hydrogen) atoms. The second kappa shape index (κ2) is 7.67. The maximum absolute atomic E-state index is 13.1. The van der Waals surface area contributed by atoms with E-state index in [1.807, 2.05) is 30.3 Å². The number of carbonyl (C=O) groups excluding carboxylic acids is 1. The van der Waals surface area contributed by atoms with Crippen LogP contribution in [0.15, 0.2) is 46.6 Å². The fourth-order valence-electron chi connectivity index (χ4n) is 3.55. The van der Waals surface area contributed by atoms with E-state index in [1.165, 1.54) is 15.8 Å². The molecule has 7 heteroatoms. The number of nitrogens with zero attached hydrogens (tertiary/aromatic N) is 3. The van der Waals surface area contributed by atoms with E-state index in [0.29, 0.717) is 11.3 Å². The number of hydrogen-bond donors (Lipinski definition) is 1. The zero-order chi connectivity index (χ0) is 19.7. The van der Waals surface area contributed by atoms with E-state index in [9.17, 15) is 9.59 Å². The summed E-state index contributed by atoms with van der Waals surface area (Å²) in [6.45, 7) is 3.92. The highest BCUT2D eigenvalue weighted by Gasteiger charge is 2.25. The third-order valence-electron chi connectivity index (χ3n) is 5.23. The number of hydrazone groups is 1. The first-order valence-corrected chi connectivity index (χ1v) is 10.3. The predicted octanol–water partition coefficient (Wildman–Crippen LogP) is 3.29. The van der Waals surface area contributed by atoms with E-state index in [-0.39, 0.29) is 11.5 Å². The molecule has 1 aromatic carbocycles. The fourth-order valence-corrected chi connectivity index (χ4v) is 4.89. The average Bonchev–Trinajstić information content (AvgIpc) is 3.06. The number of benzene rings is 1. The van der Waals surface area contributed by atoms with Gasteiger partial charge in [0.05, 0.1) is 17.9 Å². The quantitative estimate of drug-likeness (QED) is 0.545. The van der Waals surface area contributed by atoms with Crippen LogP contribution in [0.1, 0.15) is 42.3 Å². The van der Waals surface area contributed by atoms with Crippen LogP contribution in [0.2, 0.25) is 0 Å². The fraction of sp³-hybridized carbons (Fsp3) is 0.333. The van der Waals surface area contributed by atoms with Crippen LogP contribution < -0.4 is 11.0 Å². The van der Waals surface area contributed by atoms with Crippen LogP contribution in [0.25, 0.3) is 10.2 Å². The number of carbonyl (C=O) groups is 1. The van der Waals surface area contributed by atoms with Gasteiger partial charge in [-0.3, -0.25) is 14.2 Å². The Bertz CT molecular complexity index is 1100. The second-order valence-electron chi connectivity index (χ2n) is 7.31. The van der Waals surface area contributed by atoms with Gasteiger partial charge in [-0.15, -0.1) is 11.3 Å². The van der Waals surface area contributed by atoms with Crippen LogP contribution in [0.4, 0.5) is 0 Å². The average molecular weight is 395 g/mol. The summed E-state index contributed by atoms with van der Waals surface area (Å²) in [7, 11) is 0. The van der Waals surface area contributed by atoms with Gasteiger partial charge in [-0.25, -0.2) is 10.4 Å². The van der Waals surface area contributed by atoms with Gasteiger partial charge in [-0.2, -0.15) is 5.10 Å². The first-order chi connectivity index (χ1) is 13.5. The molecule has 144 valence electrons. The summed E-state index contributed by atoms with van der Waals surface area (Å²) in [4.78, 5) is 32.1. The normalized spacial score (nSPS) is 17.6. The smallest absolute Gasteiger partial charge is 0.263 e.